The summed E-state index contributed by atoms with van der Waals surface area (Å²) in [5.41, 5.74) is 0.474. The molecule has 0 bridgehead atoms. The van der Waals surface area contributed by atoms with E-state index in [-0.39, 0.29) is 16.2 Å². The quantitative estimate of drug-likeness (QED) is 0.591. The number of carbonyl (C=O) groups excluding carboxylic acids is 2. The molecule has 0 aliphatic carbocycles. The number of ether oxygens (including phenoxy) is 2. The topological polar surface area (TPSA) is 105 Å². The lowest BCUT2D eigenvalue weighted by atomic mass is 10.1. The largest absolute Gasteiger partial charge is 0.465 e. The Morgan fingerprint density at radius 2 is 1.48 bits per heavy atom. The Morgan fingerprint density at radius 3 is 2.03 bits per heavy atom. The zero-order valence-electron chi connectivity index (χ0n) is 15.9. The average molecular weight is 414 g/mol. The van der Waals surface area contributed by atoms with Crippen molar-refractivity contribution in [3.63, 3.8) is 0 Å². The number of esters is 2. The first-order valence-corrected chi connectivity index (χ1v) is 9.92. The van der Waals surface area contributed by atoms with Gasteiger partial charge in [-0.2, -0.15) is 13.5 Å². The summed E-state index contributed by atoms with van der Waals surface area (Å²) < 4.78 is 36.5. The maximum atomic E-state index is 13.2. The number of nitrogens with zero attached hydrogens (tertiary/aromatic N) is 2. The molecule has 0 radical (unpaired) electrons. The fourth-order valence-corrected chi connectivity index (χ4v) is 4.03. The molecule has 9 heteroatoms. The van der Waals surface area contributed by atoms with Crippen LogP contribution in [0.5, 0.6) is 0 Å². The Balaban J connectivity index is 2.37. The number of hydrogen-bond donors (Lipinski definition) is 0. The molecule has 29 heavy (non-hydrogen) atoms. The van der Waals surface area contributed by atoms with Gasteiger partial charge in [-0.1, -0.05) is 48.0 Å². The number of methoxy groups -OCH3 is 2. The summed E-state index contributed by atoms with van der Waals surface area (Å²) in [6.45, 7) is 1.81. The zero-order chi connectivity index (χ0) is 21.2. The highest BCUT2D eigenvalue weighted by Crippen LogP contribution is 2.29. The molecule has 0 aliphatic heterocycles. The molecular formula is C20H18N2O6S. The average Bonchev–Trinajstić information content (AvgIpc) is 3.15. The SMILES string of the molecule is COC(=O)c1c(-c2ccccc2)nn(S(=O)(=O)c2ccc(C)cc2)c1C(=O)OC. The lowest BCUT2D eigenvalue weighted by molar-refractivity contribution is 0.0551. The van der Waals surface area contributed by atoms with E-state index in [1.165, 1.54) is 12.1 Å². The Hall–Kier alpha value is -3.46. The second-order valence-corrected chi connectivity index (χ2v) is 7.85. The summed E-state index contributed by atoms with van der Waals surface area (Å²) in [6.07, 6.45) is 0. The molecule has 3 rings (SSSR count). The highest BCUT2D eigenvalue weighted by molar-refractivity contribution is 7.90. The molecule has 8 nitrogen and oxygen atoms in total. The monoisotopic (exact) mass is 414 g/mol. The van der Waals surface area contributed by atoms with Crippen molar-refractivity contribution in [2.24, 2.45) is 0 Å². The molecule has 0 atom stereocenters. The van der Waals surface area contributed by atoms with Crippen LogP contribution in [0.4, 0.5) is 0 Å². The minimum absolute atomic E-state index is 0.00598. The van der Waals surface area contributed by atoms with Crippen LogP contribution < -0.4 is 0 Å². The maximum absolute atomic E-state index is 13.2. The molecule has 150 valence electrons. The van der Waals surface area contributed by atoms with Crippen LogP contribution >= 0.6 is 0 Å². The molecule has 2 aromatic carbocycles. The first-order valence-electron chi connectivity index (χ1n) is 8.48. The van der Waals surface area contributed by atoms with Gasteiger partial charge in [0.1, 0.15) is 11.3 Å². The molecule has 0 saturated heterocycles. The third-order valence-electron chi connectivity index (χ3n) is 4.22. The Bertz CT molecular complexity index is 1170. The van der Waals surface area contributed by atoms with Gasteiger partial charge in [0.2, 0.25) is 0 Å². The molecule has 0 N–H and O–H groups in total. The molecule has 1 heterocycles. The van der Waals surface area contributed by atoms with Gasteiger partial charge in [0, 0.05) is 5.56 Å². The number of aromatic nitrogens is 2. The van der Waals surface area contributed by atoms with Crippen molar-refractivity contribution in [1.82, 2.24) is 9.19 Å². The van der Waals surface area contributed by atoms with Gasteiger partial charge in [0.15, 0.2) is 5.69 Å². The normalized spacial score (nSPS) is 11.1. The number of rotatable bonds is 5. The van der Waals surface area contributed by atoms with Gasteiger partial charge >= 0.3 is 11.9 Å². The number of carbonyl (C=O) groups is 2. The third-order valence-corrected chi connectivity index (χ3v) is 5.81. The van der Waals surface area contributed by atoms with E-state index in [9.17, 15) is 18.0 Å². The van der Waals surface area contributed by atoms with Crippen LogP contribution in [-0.2, 0) is 19.5 Å². The minimum Gasteiger partial charge on any atom is -0.465 e. The molecular weight excluding hydrogens is 396 g/mol. The predicted octanol–water partition coefficient (Wildman–Crippen LogP) is 2.67. The van der Waals surface area contributed by atoms with Crippen LogP contribution in [0.3, 0.4) is 0 Å². The number of aryl methyl sites for hydroxylation is 1. The van der Waals surface area contributed by atoms with Crippen LogP contribution in [-0.4, -0.2) is 43.8 Å². The smallest absolute Gasteiger partial charge is 0.358 e. The van der Waals surface area contributed by atoms with Crippen molar-refractivity contribution in [3.05, 3.63) is 71.4 Å². The van der Waals surface area contributed by atoms with Crippen LogP contribution in [0.1, 0.15) is 26.4 Å². The van der Waals surface area contributed by atoms with Crippen molar-refractivity contribution in [3.8, 4) is 11.3 Å². The fourth-order valence-electron chi connectivity index (χ4n) is 2.75. The molecule has 0 spiro atoms. The number of hydrogen-bond acceptors (Lipinski definition) is 7. The van der Waals surface area contributed by atoms with E-state index in [1.807, 2.05) is 6.92 Å². The summed E-state index contributed by atoms with van der Waals surface area (Å²) >= 11 is 0. The van der Waals surface area contributed by atoms with Crippen molar-refractivity contribution < 1.29 is 27.5 Å². The lowest BCUT2D eigenvalue weighted by Gasteiger charge is -2.08. The number of benzene rings is 2. The molecule has 0 fully saturated rings. The Kier molecular flexibility index (Phi) is 5.51. The first-order chi connectivity index (χ1) is 13.8. The Morgan fingerprint density at radius 1 is 0.897 bits per heavy atom. The molecule has 0 saturated carbocycles. The van der Waals surface area contributed by atoms with Crippen molar-refractivity contribution in [2.45, 2.75) is 11.8 Å². The Labute approximate surface area is 167 Å². The first kappa shape index (κ1) is 20.3. The molecule has 1 aromatic heterocycles. The van der Waals surface area contributed by atoms with E-state index in [0.29, 0.717) is 9.65 Å². The summed E-state index contributed by atoms with van der Waals surface area (Å²) in [5.74, 6) is -1.94. The second kappa shape index (κ2) is 7.88. The highest BCUT2D eigenvalue weighted by atomic mass is 32.2. The summed E-state index contributed by atoms with van der Waals surface area (Å²) in [6, 6.07) is 14.4. The fraction of sp³-hybridized carbons (Fsp3) is 0.150. The third kappa shape index (κ3) is 3.64. The van der Waals surface area contributed by atoms with Crippen LogP contribution in [0.15, 0.2) is 59.5 Å². The maximum Gasteiger partial charge on any atom is 0.358 e. The summed E-state index contributed by atoms with van der Waals surface area (Å²) in [4.78, 5) is 24.9. The van der Waals surface area contributed by atoms with Crippen molar-refractivity contribution in [2.75, 3.05) is 14.2 Å². The lowest BCUT2D eigenvalue weighted by Crippen LogP contribution is -2.22. The van der Waals surface area contributed by atoms with E-state index in [0.717, 1.165) is 19.8 Å². The van der Waals surface area contributed by atoms with Crippen LogP contribution in [0, 0.1) is 6.92 Å². The highest BCUT2D eigenvalue weighted by Gasteiger charge is 2.35. The van der Waals surface area contributed by atoms with E-state index in [1.54, 1.807) is 42.5 Å². The van der Waals surface area contributed by atoms with Gasteiger partial charge in [-0.25, -0.2) is 9.59 Å². The molecule has 3 aromatic rings. The van der Waals surface area contributed by atoms with Gasteiger partial charge in [-0.05, 0) is 19.1 Å². The summed E-state index contributed by atoms with van der Waals surface area (Å²) in [5, 5.41) is 4.12. The van der Waals surface area contributed by atoms with E-state index in [2.05, 4.69) is 5.10 Å². The van der Waals surface area contributed by atoms with Gasteiger partial charge in [0.05, 0.1) is 19.1 Å². The van der Waals surface area contributed by atoms with E-state index >= 15 is 0 Å². The van der Waals surface area contributed by atoms with Gasteiger partial charge in [-0.3, -0.25) is 0 Å². The molecule has 0 aliphatic rings. The summed E-state index contributed by atoms with van der Waals surface area (Å²) in [7, 11) is -2.08. The van der Waals surface area contributed by atoms with Gasteiger partial charge in [0.25, 0.3) is 10.0 Å². The van der Waals surface area contributed by atoms with Crippen LogP contribution in [0.2, 0.25) is 0 Å². The van der Waals surface area contributed by atoms with Gasteiger partial charge < -0.3 is 9.47 Å². The zero-order valence-corrected chi connectivity index (χ0v) is 16.8. The van der Waals surface area contributed by atoms with Crippen molar-refractivity contribution in [1.29, 1.82) is 0 Å². The van der Waals surface area contributed by atoms with Gasteiger partial charge in [-0.15, -0.1) is 4.09 Å². The van der Waals surface area contributed by atoms with Crippen molar-refractivity contribution >= 4 is 22.0 Å². The van der Waals surface area contributed by atoms with E-state index in [4.69, 9.17) is 9.47 Å². The molecule has 0 unspecified atom stereocenters. The molecule has 0 amide bonds. The standard InChI is InChI=1S/C20H18N2O6S/c1-13-9-11-15(12-10-13)29(25,26)22-18(20(24)28-3)16(19(23)27-2)17(21-22)14-7-5-4-6-8-14/h4-12H,1-3H3. The predicted molar refractivity (Wildman–Crippen MR) is 104 cm³/mol. The van der Waals surface area contributed by atoms with Crippen LogP contribution in [0.25, 0.3) is 11.3 Å². The minimum atomic E-state index is -4.30. The van der Waals surface area contributed by atoms with E-state index < -0.39 is 27.7 Å². The second-order valence-electron chi connectivity index (χ2n) is 6.08.